The second-order valence-electron chi connectivity index (χ2n) is 3.00. The van der Waals surface area contributed by atoms with Crippen LogP contribution in [-0.2, 0) is 11.2 Å². The van der Waals surface area contributed by atoms with Crippen molar-refractivity contribution in [2.24, 2.45) is 0 Å². The third-order valence-corrected chi connectivity index (χ3v) is 2.06. The van der Waals surface area contributed by atoms with Crippen LogP contribution in [0.3, 0.4) is 0 Å². The van der Waals surface area contributed by atoms with Crippen LogP contribution >= 0.6 is 12.6 Å². The van der Waals surface area contributed by atoms with Gasteiger partial charge >= 0.3 is 5.97 Å². The number of rotatable bonds is 4. The zero-order valence-electron chi connectivity index (χ0n) is 7.98. The highest BCUT2D eigenvalue weighted by Gasteiger charge is 2.06. The predicted octanol–water partition coefficient (Wildman–Crippen LogP) is 2.40. The Labute approximate surface area is 92.8 Å². The number of halogens is 1. The standard InChI is InChI=1S/C11H11FO2S/c12-10-4-3-8(2-1-5-15)9(6-10)7-11(13)14/h1-4,6,15H,5,7H2,(H,13,14). The third-order valence-electron chi connectivity index (χ3n) is 1.85. The van der Waals surface area contributed by atoms with Crippen LogP contribution < -0.4 is 0 Å². The Morgan fingerprint density at radius 1 is 1.53 bits per heavy atom. The number of benzene rings is 1. The molecule has 0 aliphatic carbocycles. The van der Waals surface area contributed by atoms with Gasteiger partial charge in [-0.2, -0.15) is 12.6 Å². The Morgan fingerprint density at radius 3 is 2.87 bits per heavy atom. The van der Waals surface area contributed by atoms with Crippen LogP contribution in [0.15, 0.2) is 24.3 Å². The van der Waals surface area contributed by atoms with E-state index >= 15 is 0 Å². The summed E-state index contributed by atoms with van der Waals surface area (Å²) in [6, 6.07) is 4.11. The average Bonchev–Trinajstić information content (AvgIpc) is 2.16. The van der Waals surface area contributed by atoms with Gasteiger partial charge in [0.05, 0.1) is 6.42 Å². The van der Waals surface area contributed by atoms with Crippen molar-refractivity contribution in [1.29, 1.82) is 0 Å². The van der Waals surface area contributed by atoms with E-state index in [4.69, 9.17) is 5.11 Å². The van der Waals surface area contributed by atoms with Gasteiger partial charge < -0.3 is 5.11 Å². The lowest BCUT2D eigenvalue weighted by Crippen LogP contribution is -2.02. The zero-order chi connectivity index (χ0) is 11.3. The van der Waals surface area contributed by atoms with Crippen molar-refractivity contribution in [3.05, 3.63) is 41.2 Å². The molecule has 0 bridgehead atoms. The fourth-order valence-corrected chi connectivity index (χ4v) is 1.34. The summed E-state index contributed by atoms with van der Waals surface area (Å²) in [7, 11) is 0. The monoisotopic (exact) mass is 226 g/mol. The zero-order valence-corrected chi connectivity index (χ0v) is 8.88. The Kier molecular flexibility index (Phi) is 4.37. The maximum absolute atomic E-state index is 12.9. The molecule has 15 heavy (non-hydrogen) atoms. The van der Waals surface area contributed by atoms with Crippen LogP contribution in [0.5, 0.6) is 0 Å². The normalized spacial score (nSPS) is 10.8. The Balaban J connectivity index is 3.02. The summed E-state index contributed by atoms with van der Waals surface area (Å²) < 4.78 is 12.9. The molecule has 0 spiro atoms. The van der Waals surface area contributed by atoms with Crippen LogP contribution in [0.2, 0.25) is 0 Å². The minimum absolute atomic E-state index is 0.177. The molecular weight excluding hydrogens is 215 g/mol. The van der Waals surface area contributed by atoms with Crippen LogP contribution in [0, 0.1) is 5.82 Å². The van der Waals surface area contributed by atoms with Gasteiger partial charge in [-0.05, 0) is 23.3 Å². The fourth-order valence-electron chi connectivity index (χ4n) is 1.23. The van der Waals surface area contributed by atoms with Gasteiger partial charge in [0.1, 0.15) is 5.82 Å². The molecule has 0 aromatic heterocycles. The van der Waals surface area contributed by atoms with Crippen molar-refractivity contribution >= 4 is 24.7 Å². The number of carbonyl (C=O) groups is 1. The molecule has 0 unspecified atom stereocenters. The molecule has 80 valence electrons. The van der Waals surface area contributed by atoms with Gasteiger partial charge in [-0.3, -0.25) is 4.79 Å². The van der Waals surface area contributed by atoms with E-state index in [1.54, 1.807) is 18.2 Å². The van der Waals surface area contributed by atoms with Crippen LogP contribution in [-0.4, -0.2) is 16.8 Å². The molecule has 0 heterocycles. The first-order valence-electron chi connectivity index (χ1n) is 4.41. The largest absolute Gasteiger partial charge is 0.481 e. The van der Waals surface area contributed by atoms with Crippen molar-refractivity contribution < 1.29 is 14.3 Å². The summed E-state index contributed by atoms with van der Waals surface area (Å²) in [5.74, 6) is -0.834. The van der Waals surface area contributed by atoms with Gasteiger partial charge in [-0.15, -0.1) is 0 Å². The Morgan fingerprint density at radius 2 is 2.27 bits per heavy atom. The molecular formula is C11H11FO2S. The summed E-state index contributed by atoms with van der Waals surface area (Å²) in [5.41, 5.74) is 1.19. The van der Waals surface area contributed by atoms with E-state index in [9.17, 15) is 9.18 Å². The molecule has 1 aromatic rings. The maximum Gasteiger partial charge on any atom is 0.307 e. The number of hydrogen-bond donors (Lipinski definition) is 2. The van der Waals surface area contributed by atoms with Crippen molar-refractivity contribution in [2.75, 3.05) is 5.75 Å². The number of hydrogen-bond acceptors (Lipinski definition) is 2. The van der Waals surface area contributed by atoms with Crippen LogP contribution in [0.25, 0.3) is 6.08 Å². The van der Waals surface area contributed by atoms with E-state index < -0.39 is 11.8 Å². The topological polar surface area (TPSA) is 37.3 Å². The van der Waals surface area contributed by atoms with Crippen molar-refractivity contribution in [3.8, 4) is 0 Å². The van der Waals surface area contributed by atoms with Crippen LogP contribution in [0.1, 0.15) is 11.1 Å². The molecule has 2 nitrogen and oxygen atoms in total. The molecule has 0 aliphatic heterocycles. The second-order valence-corrected chi connectivity index (χ2v) is 3.36. The highest BCUT2D eigenvalue weighted by molar-refractivity contribution is 7.80. The van der Waals surface area contributed by atoms with Crippen molar-refractivity contribution in [3.63, 3.8) is 0 Å². The molecule has 1 N–H and O–H groups in total. The summed E-state index contributed by atoms with van der Waals surface area (Å²) in [5, 5.41) is 8.65. The predicted molar refractivity (Wildman–Crippen MR) is 60.6 cm³/mol. The minimum Gasteiger partial charge on any atom is -0.481 e. The molecule has 0 amide bonds. The lowest BCUT2D eigenvalue weighted by Gasteiger charge is -2.03. The first kappa shape index (κ1) is 11.8. The second kappa shape index (κ2) is 5.56. The lowest BCUT2D eigenvalue weighted by molar-refractivity contribution is -0.136. The van der Waals surface area contributed by atoms with Gasteiger partial charge in [-0.1, -0.05) is 18.2 Å². The summed E-state index contributed by atoms with van der Waals surface area (Å²) in [4.78, 5) is 10.5. The van der Waals surface area contributed by atoms with Crippen LogP contribution in [0.4, 0.5) is 4.39 Å². The lowest BCUT2D eigenvalue weighted by atomic mass is 10.0. The van der Waals surface area contributed by atoms with Gasteiger partial charge in [0, 0.05) is 5.75 Å². The van der Waals surface area contributed by atoms with Gasteiger partial charge in [0.15, 0.2) is 0 Å². The summed E-state index contributed by atoms with van der Waals surface area (Å²) in [6.45, 7) is 0. The highest BCUT2D eigenvalue weighted by atomic mass is 32.1. The maximum atomic E-state index is 12.9. The van der Waals surface area contributed by atoms with E-state index in [0.717, 1.165) is 0 Å². The number of carboxylic acid groups (broad SMARTS) is 1. The molecule has 1 aromatic carbocycles. The molecule has 1 rings (SSSR count). The SMILES string of the molecule is O=C(O)Cc1cc(F)ccc1C=CCS. The molecule has 0 atom stereocenters. The first-order chi connectivity index (χ1) is 7.13. The van der Waals surface area contributed by atoms with Gasteiger partial charge in [0.25, 0.3) is 0 Å². The molecule has 0 saturated heterocycles. The first-order valence-corrected chi connectivity index (χ1v) is 5.04. The smallest absolute Gasteiger partial charge is 0.307 e. The molecule has 0 fully saturated rings. The fraction of sp³-hybridized carbons (Fsp3) is 0.182. The quantitative estimate of drug-likeness (QED) is 0.773. The molecule has 4 heteroatoms. The average molecular weight is 226 g/mol. The van der Waals surface area contributed by atoms with E-state index in [2.05, 4.69) is 12.6 Å². The van der Waals surface area contributed by atoms with E-state index in [0.29, 0.717) is 16.9 Å². The van der Waals surface area contributed by atoms with Gasteiger partial charge in [0.2, 0.25) is 0 Å². The third kappa shape index (κ3) is 3.75. The Hall–Kier alpha value is -1.29. The number of carboxylic acids is 1. The Bertz CT molecular complexity index is 388. The summed E-state index contributed by atoms with van der Waals surface area (Å²) in [6.07, 6.45) is 3.34. The van der Waals surface area contributed by atoms with Crippen molar-refractivity contribution in [2.45, 2.75) is 6.42 Å². The van der Waals surface area contributed by atoms with E-state index in [1.807, 2.05) is 0 Å². The molecule has 0 saturated carbocycles. The van der Waals surface area contributed by atoms with Crippen molar-refractivity contribution in [1.82, 2.24) is 0 Å². The van der Waals surface area contributed by atoms with E-state index in [-0.39, 0.29) is 6.42 Å². The summed E-state index contributed by atoms with van der Waals surface area (Å²) >= 11 is 4.00. The molecule has 0 radical (unpaired) electrons. The highest BCUT2D eigenvalue weighted by Crippen LogP contribution is 2.14. The van der Waals surface area contributed by atoms with E-state index in [1.165, 1.54) is 12.1 Å². The van der Waals surface area contributed by atoms with Gasteiger partial charge in [-0.25, -0.2) is 4.39 Å². The molecule has 0 aliphatic rings. The number of thiol groups is 1. The minimum atomic E-state index is -0.971. The number of aliphatic carboxylic acids is 1.